The molecule has 0 spiro atoms. The van der Waals surface area contributed by atoms with E-state index in [9.17, 15) is 0 Å². The lowest BCUT2D eigenvalue weighted by Crippen LogP contribution is -2.21. The summed E-state index contributed by atoms with van der Waals surface area (Å²) in [6, 6.07) is 6.77. The fourth-order valence-corrected chi connectivity index (χ4v) is 2.64. The van der Waals surface area contributed by atoms with Crippen molar-refractivity contribution in [1.29, 1.82) is 0 Å². The third-order valence-corrected chi connectivity index (χ3v) is 3.77. The van der Waals surface area contributed by atoms with Gasteiger partial charge in [0.1, 0.15) is 0 Å². The zero-order valence-corrected chi connectivity index (χ0v) is 11.7. The van der Waals surface area contributed by atoms with Gasteiger partial charge in [0.15, 0.2) is 0 Å². The maximum atomic E-state index is 5.23. The first-order chi connectivity index (χ1) is 9.83. The number of hydrogen-bond donors (Lipinski definition) is 2. The predicted molar refractivity (Wildman–Crippen MR) is 78.6 cm³/mol. The lowest BCUT2D eigenvalue weighted by atomic mass is 10.1. The molecule has 0 aliphatic carbocycles. The zero-order valence-electron chi connectivity index (χ0n) is 11.7. The van der Waals surface area contributed by atoms with Gasteiger partial charge < -0.3 is 15.1 Å². The summed E-state index contributed by atoms with van der Waals surface area (Å²) >= 11 is 0. The third kappa shape index (κ3) is 2.99. The molecule has 0 radical (unpaired) electrons. The van der Waals surface area contributed by atoms with Gasteiger partial charge in [-0.15, -0.1) is 10.2 Å². The lowest BCUT2D eigenvalue weighted by molar-refractivity contribution is 0.568. The minimum atomic E-state index is 0.554. The Morgan fingerprint density at radius 2 is 2.25 bits per heavy atom. The van der Waals surface area contributed by atoms with Crippen LogP contribution in [0.3, 0.4) is 0 Å². The molecule has 1 aliphatic heterocycles. The van der Waals surface area contributed by atoms with Crippen molar-refractivity contribution in [2.24, 2.45) is 0 Å². The van der Waals surface area contributed by atoms with Crippen LogP contribution in [0.2, 0.25) is 0 Å². The van der Waals surface area contributed by atoms with Crippen molar-refractivity contribution < 1.29 is 4.42 Å². The van der Waals surface area contributed by atoms with E-state index in [1.54, 1.807) is 0 Å². The molecule has 20 heavy (non-hydrogen) atoms. The smallest absolute Gasteiger partial charge is 0.247 e. The average Bonchev–Trinajstić information content (AvgIpc) is 2.87. The number of aromatic nitrogens is 2. The summed E-state index contributed by atoms with van der Waals surface area (Å²) in [4.78, 5) is 0. The number of nitrogens with zero attached hydrogens (tertiary/aromatic N) is 2. The van der Waals surface area contributed by atoms with Crippen molar-refractivity contribution in [3.63, 3.8) is 0 Å². The van der Waals surface area contributed by atoms with E-state index in [1.165, 1.54) is 36.9 Å². The Bertz CT molecular complexity index is 545. The molecule has 106 valence electrons. The second-order valence-corrected chi connectivity index (χ2v) is 5.30. The molecule has 1 aromatic carbocycles. The Morgan fingerprint density at radius 3 is 3.05 bits per heavy atom. The molecular weight excluding hydrogens is 252 g/mol. The fourth-order valence-electron chi connectivity index (χ4n) is 2.64. The Morgan fingerprint density at radius 1 is 1.30 bits per heavy atom. The predicted octanol–water partition coefficient (Wildman–Crippen LogP) is 2.60. The van der Waals surface area contributed by atoms with E-state index in [0.29, 0.717) is 11.9 Å². The van der Waals surface area contributed by atoms with Crippen molar-refractivity contribution in [3.05, 3.63) is 30.2 Å². The van der Waals surface area contributed by atoms with Crippen LogP contribution in [0.15, 0.2) is 29.0 Å². The van der Waals surface area contributed by atoms with E-state index in [1.807, 2.05) is 6.07 Å². The maximum absolute atomic E-state index is 5.23. The number of anilines is 1. The molecule has 0 bridgehead atoms. The number of aryl methyl sites for hydroxylation is 1. The van der Waals surface area contributed by atoms with Gasteiger partial charge in [-0.3, -0.25) is 0 Å². The van der Waals surface area contributed by atoms with Crippen molar-refractivity contribution in [2.75, 3.05) is 18.4 Å². The SMILES string of the molecule is Cc1cc(-c2nnco2)ccc1NC1CCCNCC1. The monoisotopic (exact) mass is 272 g/mol. The third-order valence-electron chi connectivity index (χ3n) is 3.77. The van der Waals surface area contributed by atoms with Crippen LogP contribution in [0.1, 0.15) is 24.8 Å². The molecular formula is C15H20N4O. The number of benzene rings is 1. The summed E-state index contributed by atoms with van der Waals surface area (Å²) in [6.07, 6.45) is 4.98. The van der Waals surface area contributed by atoms with Crippen LogP contribution < -0.4 is 10.6 Å². The van der Waals surface area contributed by atoms with Crippen molar-refractivity contribution in [3.8, 4) is 11.5 Å². The molecule has 5 nitrogen and oxygen atoms in total. The van der Waals surface area contributed by atoms with E-state index in [4.69, 9.17) is 4.42 Å². The van der Waals surface area contributed by atoms with Gasteiger partial charge in [-0.05, 0) is 63.0 Å². The standard InChI is InChI=1S/C15H20N4O/c1-11-9-12(15-19-17-10-20-15)4-5-14(11)18-13-3-2-7-16-8-6-13/h4-5,9-10,13,16,18H,2-3,6-8H2,1H3. The van der Waals surface area contributed by atoms with Gasteiger partial charge in [0.2, 0.25) is 12.3 Å². The zero-order chi connectivity index (χ0) is 13.8. The maximum Gasteiger partial charge on any atom is 0.247 e. The van der Waals surface area contributed by atoms with Gasteiger partial charge in [-0.1, -0.05) is 0 Å². The van der Waals surface area contributed by atoms with Crippen LogP contribution >= 0.6 is 0 Å². The fraction of sp³-hybridized carbons (Fsp3) is 0.467. The minimum absolute atomic E-state index is 0.554. The van der Waals surface area contributed by atoms with Gasteiger partial charge in [-0.2, -0.15) is 0 Å². The minimum Gasteiger partial charge on any atom is -0.423 e. The van der Waals surface area contributed by atoms with Gasteiger partial charge >= 0.3 is 0 Å². The summed E-state index contributed by atoms with van der Waals surface area (Å²) in [5.74, 6) is 0.568. The van der Waals surface area contributed by atoms with Crippen LogP contribution in [-0.2, 0) is 0 Å². The lowest BCUT2D eigenvalue weighted by Gasteiger charge is -2.19. The van der Waals surface area contributed by atoms with Crippen LogP contribution in [0, 0.1) is 6.92 Å². The van der Waals surface area contributed by atoms with Crippen molar-refractivity contribution >= 4 is 5.69 Å². The summed E-state index contributed by atoms with van der Waals surface area (Å²) in [5, 5.41) is 14.7. The van der Waals surface area contributed by atoms with Gasteiger partial charge in [0, 0.05) is 17.3 Å². The second-order valence-electron chi connectivity index (χ2n) is 5.30. The number of rotatable bonds is 3. The van der Waals surface area contributed by atoms with E-state index in [0.717, 1.165) is 18.7 Å². The molecule has 1 saturated heterocycles. The largest absolute Gasteiger partial charge is 0.423 e. The van der Waals surface area contributed by atoms with E-state index < -0.39 is 0 Å². The molecule has 2 N–H and O–H groups in total. The van der Waals surface area contributed by atoms with E-state index in [2.05, 4.69) is 39.9 Å². The summed E-state index contributed by atoms with van der Waals surface area (Å²) < 4.78 is 5.23. The van der Waals surface area contributed by atoms with Crippen molar-refractivity contribution in [2.45, 2.75) is 32.2 Å². The molecule has 1 aliphatic rings. The first kappa shape index (κ1) is 13.1. The Balaban J connectivity index is 1.74. The van der Waals surface area contributed by atoms with Crippen LogP contribution in [0.5, 0.6) is 0 Å². The molecule has 0 amide bonds. The molecule has 5 heteroatoms. The Hall–Kier alpha value is -1.88. The molecule has 1 unspecified atom stereocenters. The van der Waals surface area contributed by atoms with Crippen LogP contribution in [0.4, 0.5) is 5.69 Å². The van der Waals surface area contributed by atoms with Crippen molar-refractivity contribution in [1.82, 2.24) is 15.5 Å². The molecule has 3 rings (SSSR count). The van der Waals surface area contributed by atoms with E-state index in [-0.39, 0.29) is 0 Å². The number of hydrogen-bond acceptors (Lipinski definition) is 5. The van der Waals surface area contributed by atoms with Gasteiger partial charge in [-0.25, -0.2) is 0 Å². The Kier molecular flexibility index (Phi) is 3.97. The van der Waals surface area contributed by atoms with Gasteiger partial charge in [0.25, 0.3) is 0 Å². The average molecular weight is 272 g/mol. The molecule has 2 aromatic rings. The Labute approximate surface area is 118 Å². The van der Waals surface area contributed by atoms with E-state index >= 15 is 0 Å². The topological polar surface area (TPSA) is 63.0 Å². The second kappa shape index (κ2) is 6.05. The summed E-state index contributed by atoms with van der Waals surface area (Å²) in [6.45, 7) is 4.33. The molecule has 1 atom stereocenters. The molecule has 1 fully saturated rings. The first-order valence-electron chi connectivity index (χ1n) is 7.17. The summed E-state index contributed by atoms with van der Waals surface area (Å²) in [7, 11) is 0. The molecule has 2 heterocycles. The molecule has 0 saturated carbocycles. The number of nitrogens with one attached hydrogen (secondary N) is 2. The quantitative estimate of drug-likeness (QED) is 0.899. The molecule has 1 aromatic heterocycles. The highest BCUT2D eigenvalue weighted by Crippen LogP contribution is 2.24. The van der Waals surface area contributed by atoms with Gasteiger partial charge in [0.05, 0.1) is 0 Å². The highest BCUT2D eigenvalue weighted by Gasteiger charge is 2.13. The summed E-state index contributed by atoms with van der Waals surface area (Å²) in [5.41, 5.74) is 3.37. The normalized spacial score (nSPS) is 19.6. The van der Waals surface area contributed by atoms with Crippen LogP contribution in [0.25, 0.3) is 11.5 Å². The van der Waals surface area contributed by atoms with Crippen LogP contribution in [-0.4, -0.2) is 29.3 Å². The highest BCUT2D eigenvalue weighted by molar-refractivity contribution is 5.62. The highest BCUT2D eigenvalue weighted by atomic mass is 16.4. The first-order valence-corrected chi connectivity index (χ1v) is 7.17.